The highest BCUT2D eigenvalue weighted by Crippen LogP contribution is 2.30. The molecule has 3 rings (SSSR count). The number of hydrogen-bond acceptors (Lipinski definition) is 1. The monoisotopic (exact) mass is 376 g/mol. The maximum Gasteiger partial charge on any atom is 0.250 e. The summed E-state index contributed by atoms with van der Waals surface area (Å²) < 4.78 is 1.10. The van der Waals surface area contributed by atoms with Crippen molar-refractivity contribution in [2.24, 2.45) is 5.73 Å². The third-order valence-electron chi connectivity index (χ3n) is 3.44. The zero-order chi connectivity index (χ0) is 14.3. The number of hydrogen-bond donors (Lipinski definition) is 2. The highest BCUT2D eigenvalue weighted by Gasteiger charge is 2.13. The molecule has 1 aromatic heterocycles. The van der Waals surface area contributed by atoms with Gasteiger partial charge in [-0.15, -0.1) is 0 Å². The molecule has 0 fully saturated rings. The molecule has 3 aromatic rings. The number of halogens is 1. The van der Waals surface area contributed by atoms with Gasteiger partial charge in [0.1, 0.15) is 0 Å². The summed E-state index contributed by atoms with van der Waals surface area (Å²) in [6.07, 6.45) is 0. The van der Waals surface area contributed by atoms with Crippen molar-refractivity contribution in [1.82, 2.24) is 4.98 Å². The molecule has 0 saturated heterocycles. The van der Waals surface area contributed by atoms with Gasteiger partial charge in [0.25, 0.3) is 5.91 Å². The molecule has 1 heterocycles. The van der Waals surface area contributed by atoms with Crippen molar-refractivity contribution in [2.75, 3.05) is 0 Å². The number of nitrogens with two attached hydrogens (primary N) is 1. The first-order valence-corrected chi connectivity index (χ1v) is 7.33. The standard InChI is InChI=1S/C16H13IN2O/c1-9-4-2-3-5-10(9)14-8-12-13(17)7-6-11(16(18)20)15(12)19-14/h2-8,19H,1H3,(H2,18,20). The summed E-state index contributed by atoms with van der Waals surface area (Å²) in [5, 5.41) is 1.03. The van der Waals surface area contributed by atoms with Crippen molar-refractivity contribution < 1.29 is 4.79 Å². The van der Waals surface area contributed by atoms with Crippen LogP contribution in [-0.4, -0.2) is 10.9 Å². The van der Waals surface area contributed by atoms with E-state index in [0.717, 1.165) is 25.7 Å². The van der Waals surface area contributed by atoms with Gasteiger partial charge in [0.05, 0.1) is 11.1 Å². The van der Waals surface area contributed by atoms with Gasteiger partial charge < -0.3 is 10.7 Å². The van der Waals surface area contributed by atoms with E-state index < -0.39 is 5.91 Å². The van der Waals surface area contributed by atoms with Crippen LogP contribution in [0.3, 0.4) is 0 Å². The summed E-state index contributed by atoms with van der Waals surface area (Å²) >= 11 is 2.27. The molecule has 0 unspecified atom stereocenters. The summed E-state index contributed by atoms with van der Waals surface area (Å²) in [7, 11) is 0. The van der Waals surface area contributed by atoms with Gasteiger partial charge >= 0.3 is 0 Å². The second-order valence-corrected chi connectivity index (χ2v) is 5.91. The number of nitrogens with one attached hydrogen (secondary N) is 1. The van der Waals surface area contributed by atoms with Crippen LogP contribution in [0.25, 0.3) is 22.2 Å². The molecular formula is C16H13IN2O. The number of primary amides is 1. The lowest BCUT2D eigenvalue weighted by molar-refractivity contribution is 0.100. The van der Waals surface area contributed by atoms with Crippen molar-refractivity contribution in [3.05, 3.63) is 57.2 Å². The minimum atomic E-state index is -0.412. The van der Waals surface area contributed by atoms with E-state index in [1.807, 2.05) is 18.2 Å². The van der Waals surface area contributed by atoms with Crippen LogP contribution < -0.4 is 5.73 Å². The molecule has 4 heteroatoms. The Balaban J connectivity index is 2.31. The van der Waals surface area contributed by atoms with Gasteiger partial charge in [0, 0.05) is 20.2 Å². The number of aromatic amines is 1. The Morgan fingerprint density at radius 3 is 2.65 bits per heavy atom. The number of carbonyl (C=O) groups excluding carboxylic acids is 1. The van der Waals surface area contributed by atoms with Gasteiger partial charge in [-0.05, 0) is 53.3 Å². The molecule has 0 radical (unpaired) electrons. The molecular weight excluding hydrogens is 363 g/mol. The van der Waals surface area contributed by atoms with E-state index in [0.29, 0.717) is 5.56 Å². The Morgan fingerprint density at radius 1 is 1.20 bits per heavy atom. The molecule has 3 N–H and O–H groups in total. The number of rotatable bonds is 2. The van der Waals surface area contributed by atoms with Gasteiger partial charge in [-0.3, -0.25) is 4.79 Å². The summed E-state index contributed by atoms with van der Waals surface area (Å²) in [6.45, 7) is 2.07. The van der Waals surface area contributed by atoms with E-state index in [2.05, 4.69) is 52.7 Å². The zero-order valence-electron chi connectivity index (χ0n) is 10.9. The molecule has 0 aliphatic heterocycles. The Morgan fingerprint density at radius 2 is 1.95 bits per heavy atom. The maximum atomic E-state index is 11.5. The van der Waals surface area contributed by atoms with Crippen LogP contribution in [-0.2, 0) is 0 Å². The number of H-pyrrole nitrogens is 1. The number of carbonyl (C=O) groups is 1. The van der Waals surface area contributed by atoms with E-state index in [4.69, 9.17) is 5.73 Å². The van der Waals surface area contributed by atoms with Crippen LogP contribution >= 0.6 is 22.6 Å². The second-order valence-electron chi connectivity index (χ2n) is 4.75. The number of fused-ring (bicyclic) bond motifs is 1. The zero-order valence-corrected chi connectivity index (χ0v) is 13.1. The maximum absolute atomic E-state index is 11.5. The van der Waals surface area contributed by atoms with Crippen LogP contribution in [0.4, 0.5) is 0 Å². The molecule has 3 nitrogen and oxygen atoms in total. The van der Waals surface area contributed by atoms with Crippen molar-refractivity contribution in [3.8, 4) is 11.3 Å². The Kier molecular flexibility index (Phi) is 3.25. The van der Waals surface area contributed by atoms with E-state index in [-0.39, 0.29) is 0 Å². The summed E-state index contributed by atoms with van der Waals surface area (Å²) in [4.78, 5) is 14.9. The highest BCUT2D eigenvalue weighted by atomic mass is 127. The fourth-order valence-corrected chi connectivity index (χ4v) is 3.02. The first-order valence-electron chi connectivity index (χ1n) is 6.25. The molecule has 20 heavy (non-hydrogen) atoms. The van der Waals surface area contributed by atoms with Gasteiger partial charge in [0.2, 0.25) is 0 Å². The van der Waals surface area contributed by atoms with Gasteiger partial charge in [0.15, 0.2) is 0 Å². The lowest BCUT2D eigenvalue weighted by atomic mass is 10.1. The van der Waals surface area contributed by atoms with E-state index in [1.54, 1.807) is 6.07 Å². The lowest BCUT2D eigenvalue weighted by Crippen LogP contribution is -2.11. The van der Waals surface area contributed by atoms with Crippen LogP contribution in [0.5, 0.6) is 0 Å². The fourth-order valence-electron chi connectivity index (χ4n) is 2.41. The number of benzene rings is 2. The molecule has 0 bridgehead atoms. The predicted molar refractivity (Wildman–Crippen MR) is 89.7 cm³/mol. The van der Waals surface area contributed by atoms with Crippen molar-refractivity contribution >= 4 is 39.4 Å². The van der Waals surface area contributed by atoms with Gasteiger partial charge in [-0.2, -0.15) is 0 Å². The molecule has 0 saturated carbocycles. The first kappa shape index (κ1) is 13.2. The van der Waals surface area contributed by atoms with Gasteiger partial charge in [-0.25, -0.2) is 0 Å². The smallest absolute Gasteiger partial charge is 0.250 e. The van der Waals surface area contributed by atoms with Crippen molar-refractivity contribution in [3.63, 3.8) is 0 Å². The minimum Gasteiger partial charge on any atom is -0.366 e. The molecule has 0 aliphatic rings. The third kappa shape index (κ3) is 2.10. The van der Waals surface area contributed by atoms with Crippen LogP contribution in [0.2, 0.25) is 0 Å². The normalized spacial score (nSPS) is 10.9. The Labute approximate surface area is 130 Å². The number of amides is 1. The molecule has 0 spiro atoms. The topological polar surface area (TPSA) is 58.9 Å². The molecule has 100 valence electrons. The largest absolute Gasteiger partial charge is 0.366 e. The minimum absolute atomic E-state index is 0.412. The Bertz CT molecular complexity index is 820. The summed E-state index contributed by atoms with van der Waals surface area (Å²) in [5.41, 5.74) is 10.1. The van der Waals surface area contributed by atoms with Crippen LogP contribution in [0, 0.1) is 10.5 Å². The molecule has 0 atom stereocenters. The average molecular weight is 376 g/mol. The average Bonchev–Trinajstić information content (AvgIpc) is 2.84. The van der Waals surface area contributed by atoms with E-state index in [1.165, 1.54) is 5.56 Å². The predicted octanol–water partition coefficient (Wildman–Crippen LogP) is 3.85. The SMILES string of the molecule is Cc1ccccc1-c1cc2c(I)ccc(C(N)=O)c2[nH]1. The molecule has 2 aromatic carbocycles. The second kappa shape index (κ2) is 4.94. The number of aryl methyl sites for hydroxylation is 1. The summed E-state index contributed by atoms with van der Waals surface area (Å²) in [6, 6.07) is 13.9. The van der Waals surface area contributed by atoms with Crippen molar-refractivity contribution in [2.45, 2.75) is 6.92 Å². The summed E-state index contributed by atoms with van der Waals surface area (Å²) in [5.74, 6) is -0.412. The quantitative estimate of drug-likeness (QED) is 0.656. The van der Waals surface area contributed by atoms with E-state index in [9.17, 15) is 4.79 Å². The third-order valence-corrected chi connectivity index (χ3v) is 4.38. The number of aromatic nitrogens is 1. The molecule has 1 amide bonds. The van der Waals surface area contributed by atoms with Crippen LogP contribution in [0.15, 0.2) is 42.5 Å². The first-order chi connectivity index (χ1) is 9.58. The highest BCUT2D eigenvalue weighted by molar-refractivity contribution is 14.1. The van der Waals surface area contributed by atoms with Gasteiger partial charge in [-0.1, -0.05) is 24.3 Å². The van der Waals surface area contributed by atoms with Crippen molar-refractivity contribution in [1.29, 1.82) is 0 Å². The van der Waals surface area contributed by atoms with Crippen LogP contribution in [0.1, 0.15) is 15.9 Å². The molecule has 0 aliphatic carbocycles. The fraction of sp³-hybridized carbons (Fsp3) is 0.0625. The Hall–Kier alpha value is -1.82. The van der Waals surface area contributed by atoms with E-state index >= 15 is 0 Å². The lowest BCUT2D eigenvalue weighted by Gasteiger charge is -2.02.